The number of aryl methyl sites for hydroxylation is 1. The van der Waals surface area contributed by atoms with Crippen LogP contribution < -0.4 is 5.32 Å². The van der Waals surface area contributed by atoms with E-state index in [2.05, 4.69) is 10.4 Å². The Morgan fingerprint density at radius 1 is 1.33 bits per heavy atom. The van der Waals surface area contributed by atoms with Crippen LogP contribution in [0.15, 0.2) is 30.6 Å². The fourth-order valence-electron chi connectivity index (χ4n) is 2.97. The van der Waals surface area contributed by atoms with Gasteiger partial charge in [-0.1, -0.05) is 0 Å². The lowest BCUT2D eigenvalue weighted by molar-refractivity contribution is -0.141. The van der Waals surface area contributed by atoms with Crippen molar-refractivity contribution in [3.8, 4) is 5.69 Å². The average molecular weight is 372 g/mol. The number of hydrogen-bond acceptors (Lipinski definition) is 5. The Bertz CT molecular complexity index is 892. The fourth-order valence-corrected chi connectivity index (χ4v) is 2.97. The van der Waals surface area contributed by atoms with E-state index in [1.807, 2.05) is 6.92 Å². The predicted molar refractivity (Wildman–Crippen MR) is 96.0 cm³/mol. The lowest BCUT2D eigenvalue weighted by Gasteiger charge is -2.19. The van der Waals surface area contributed by atoms with Crippen LogP contribution in [0, 0.1) is 12.8 Å². The lowest BCUT2D eigenvalue weighted by Crippen LogP contribution is -2.34. The second-order valence-electron chi connectivity index (χ2n) is 6.39. The molecule has 0 saturated carbocycles. The molecule has 1 atom stereocenters. The van der Waals surface area contributed by atoms with E-state index in [4.69, 9.17) is 9.84 Å². The monoisotopic (exact) mass is 372 g/mol. The van der Waals surface area contributed by atoms with Crippen molar-refractivity contribution in [3.63, 3.8) is 0 Å². The maximum Gasteiger partial charge on any atom is 0.337 e. The van der Waals surface area contributed by atoms with Crippen LogP contribution in [0.1, 0.15) is 22.3 Å². The summed E-state index contributed by atoms with van der Waals surface area (Å²) < 4.78 is 6.33. The largest absolute Gasteiger partial charge is 0.481 e. The number of methoxy groups -OCH3 is 1. The van der Waals surface area contributed by atoms with E-state index in [0.29, 0.717) is 24.3 Å². The molecule has 2 N–H and O–H groups in total. The second-order valence-corrected chi connectivity index (χ2v) is 6.39. The Balaban J connectivity index is 1.88. The van der Waals surface area contributed by atoms with Crippen LogP contribution in [0.4, 0.5) is 10.5 Å². The molecule has 1 saturated heterocycles. The fraction of sp³-hybridized carbons (Fsp3) is 0.333. The number of rotatable bonds is 4. The van der Waals surface area contributed by atoms with Gasteiger partial charge in [-0.3, -0.25) is 4.79 Å². The highest BCUT2D eigenvalue weighted by Gasteiger charge is 2.31. The first-order valence-electron chi connectivity index (χ1n) is 8.41. The van der Waals surface area contributed by atoms with Gasteiger partial charge in [-0.15, -0.1) is 0 Å². The van der Waals surface area contributed by atoms with Crippen molar-refractivity contribution < 1.29 is 24.2 Å². The van der Waals surface area contributed by atoms with Gasteiger partial charge < -0.3 is 20.1 Å². The molecule has 27 heavy (non-hydrogen) atoms. The number of benzene rings is 1. The molecule has 3 rings (SSSR count). The summed E-state index contributed by atoms with van der Waals surface area (Å²) in [5.74, 6) is -2.00. The lowest BCUT2D eigenvalue weighted by atomic mass is 10.1. The quantitative estimate of drug-likeness (QED) is 0.793. The van der Waals surface area contributed by atoms with Gasteiger partial charge >= 0.3 is 18.0 Å². The van der Waals surface area contributed by atoms with Crippen LogP contribution in [0.25, 0.3) is 5.69 Å². The topological polar surface area (TPSA) is 114 Å². The molecule has 0 spiro atoms. The Kier molecular flexibility index (Phi) is 5.11. The van der Waals surface area contributed by atoms with Gasteiger partial charge in [0.15, 0.2) is 0 Å². The van der Waals surface area contributed by atoms with E-state index >= 15 is 0 Å². The Hall–Kier alpha value is -3.36. The highest BCUT2D eigenvalue weighted by atomic mass is 16.5. The zero-order valence-corrected chi connectivity index (χ0v) is 15.0. The summed E-state index contributed by atoms with van der Waals surface area (Å²) in [6.45, 7) is 2.39. The van der Waals surface area contributed by atoms with Crippen LogP contribution in [-0.2, 0) is 9.53 Å². The molecule has 1 fully saturated rings. The van der Waals surface area contributed by atoms with Gasteiger partial charge in [0, 0.05) is 19.3 Å². The number of esters is 1. The first-order valence-corrected chi connectivity index (χ1v) is 8.41. The van der Waals surface area contributed by atoms with Crippen molar-refractivity contribution in [2.45, 2.75) is 13.3 Å². The average Bonchev–Trinajstić information content (AvgIpc) is 3.30. The third-order valence-corrected chi connectivity index (χ3v) is 4.44. The normalized spacial score (nSPS) is 16.2. The molecule has 1 aromatic heterocycles. The number of aromatic nitrogens is 2. The summed E-state index contributed by atoms with van der Waals surface area (Å²) in [5.41, 5.74) is 2.18. The molecule has 2 aromatic rings. The number of nitrogens with one attached hydrogen (secondary N) is 1. The molecule has 2 amide bonds. The molecular formula is C18H20N4O5. The number of amides is 2. The first-order chi connectivity index (χ1) is 12.9. The number of anilines is 1. The molecule has 0 aliphatic carbocycles. The maximum absolute atomic E-state index is 12.6. The van der Waals surface area contributed by atoms with Crippen molar-refractivity contribution in [3.05, 3.63) is 41.7 Å². The van der Waals surface area contributed by atoms with Crippen LogP contribution in [0.2, 0.25) is 0 Å². The zero-order valence-electron chi connectivity index (χ0n) is 15.0. The van der Waals surface area contributed by atoms with Gasteiger partial charge in [0.1, 0.15) is 0 Å². The number of carbonyl (C=O) groups excluding carboxylic acids is 2. The molecule has 0 bridgehead atoms. The van der Waals surface area contributed by atoms with Gasteiger partial charge in [0.2, 0.25) is 0 Å². The van der Waals surface area contributed by atoms with Crippen molar-refractivity contribution >= 4 is 23.7 Å². The van der Waals surface area contributed by atoms with Crippen molar-refractivity contribution in [1.82, 2.24) is 14.7 Å². The van der Waals surface area contributed by atoms with E-state index in [-0.39, 0.29) is 12.1 Å². The second kappa shape index (κ2) is 7.48. The van der Waals surface area contributed by atoms with Crippen LogP contribution >= 0.6 is 0 Å². The highest BCUT2D eigenvalue weighted by Crippen LogP contribution is 2.24. The number of nitrogens with zero attached hydrogens (tertiary/aromatic N) is 3. The molecule has 1 aliphatic rings. The van der Waals surface area contributed by atoms with Crippen LogP contribution in [-0.4, -0.2) is 58.0 Å². The third kappa shape index (κ3) is 3.91. The standard InChI is InChI=1S/C18H20N4O5/c1-11-8-19-22(9-11)15-4-3-12(17(25)27-2)7-14(15)20-18(26)21-6-5-13(10-21)16(23)24/h3-4,7-9,13H,5-6,10H2,1-2H3,(H,20,26)(H,23,24). The zero-order chi connectivity index (χ0) is 19.6. The molecule has 1 aromatic carbocycles. The Morgan fingerprint density at radius 3 is 2.70 bits per heavy atom. The minimum Gasteiger partial charge on any atom is -0.481 e. The third-order valence-electron chi connectivity index (χ3n) is 4.44. The Labute approximate surface area is 155 Å². The van der Waals surface area contributed by atoms with Crippen molar-refractivity contribution in [2.75, 3.05) is 25.5 Å². The van der Waals surface area contributed by atoms with E-state index in [1.165, 1.54) is 18.1 Å². The maximum atomic E-state index is 12.6. The number of hydrogen-bond donors (Lipinski definition) is 2. The number of likely N-dealkylation sites (tertiary alicyclic amines) is 1. The summed E-state index contributed by atoms with van der Waals surface area (Å²) in [7, 11) is 1.28. The predicted octanol–water partition coefficient (Wildman–Crippen LogP) is 1.91. The number of aliphatic carboxylic acids is 1. The number of ether oxygens (including phenoxy) is 1. The molecule has 9 heteroatoms. The number of carbonyl (C=O) groups is 3. The summed E-state index contributed by atoms with van der Waals surface area (Å²) in [4.78, 5) is 37.0. The van der Waals surface area contributed by atoms with E-state index in [1.54, 1.807) is 29.2 Å². The van der Waals surface area contributed by atoms with E-state index in [0.717, 1.165) is 5.56 Å². The summed E-state index contributed by atoms with van der Waals surface area (Å²) in [6, 6.07) is 4.34. The molecule has 0 radical (unpaired) electrons. The van der Waals surface area contributed by atoms with Crippen molar-refractivity contribution in [1.29, 1.82) is 0 Å². The molecular weight excluding hydrogens is 352 g/mol. The summed E-state index contributed by atoms with van der Waals surface area (Å²) >= 11 is 0. The smallest absolute Gasteiger partial charge is 0.337 e. The highest BCUT2D eigenvalue weighted by molar-refractivity contribution is 5.96. The number of carboxylic acids is 1. The molecule has 9 nitrogen and oxygen atoms in total. The van der Waals surface area contributed by atoms with Gasteiger partial charge in [0.25, 0.3) is 0 Å². The van der Waals surface area contributed by atoms with Gasteiger partial charge in [0.05, 0.1) is 36.2 Å². The van der Waals surface area contributed by atoms with E-state index < -0.39 is 23.9 Å². The van der Waals surface area contributed by atoms with Crippen LogP contribution in [0.3, 0.4) is 0 Å². The Morgan fingerprint density at radius 2 is 2.11 bits per heavy atom. The van der Waals surface area contributed by atoms with Crippen LogP contribution in [0.5, 0.6) is 0 Å². The molecule has 1 unspecified atom stereocenters. The minimum absolute atomic E-state index is 0.147. The number of carboxylic acid groups (broad SMARTS) is 1. The van der Waals surface area contributed by atoms with E-state index in [9.17, 15) is 14.4 Å². The molecule has 2 heterocycles. The van der Waals surface area contributed by atoms with Gasteiger partial charge in [-0.2, -0.15) is 5.10 Å². The summed E-state index contributed by atoms with van der Waals surface area (Å²) in [5, 5.41) is 16.1. The molecule has 142 valence electrons. The minimum atomic E-state index is -0.911. The van der Waals surface area contributed by atoms with Gasteiger partial charge in [-0.05, 0) is 37.1 Å². The SMILES string of the molecule is COC(=O)c1ccc(-n2cc(C)cn2)c(NC(=O)N2CCC(C(=O)O)C2)c1. The first kappa shape index (κ1) is 18.4. The van der Waals surface area contributed by atoms with Gasteiger partial charge in [-0.25, -0.2) is 14.3 Å². The number of urea groups is 1. The summed E-state index contributed by atoms with van der Waals surface area (Å²) in [6.07, 6.45) is 3.88. The van der Waals surface area contributed by atoms with Crippen molar-refractivity contribution in [2.24, 2.45) is 5.92 Å². The molecule has 1 aliphatic heterocycles.